The highest BCUT2D eigenvalue weighted by atomic mass is 16.2. The quantitative estimate of drug-likeness (QED) is 0.399. The van der Waals surface area contributed by atoms with Gasteiger partial charge in [-0.05, 0) is 35.6 Å². The van der Waals surface area contributed by atoms with Crippen molar-refractivity contribution in [3.63, 3.8) is 0 Å². The minimum Gasteiger partial charge on any atom is -0.292 e. The maximum absolute atomic E-state index is 12.8. The van der Waals surface area contributed by atoms with Gasteiger partial charge < -0.3 is 0 Å². The van der Waals surface area contributed by atoms with Gasteiger partial charge in [0.15, 0.2) is 5.82 Å². The van der Waals surface area contributed by atoms with Crippen LogP contribution in [-0.4, -0.2) is 30.9 Å². The number of amides is 1. The van der Waals surface area contributed by atoms with Crippen molar-refractivity contribution in [2.24, 2.45) is 0 Å². The Morgan fingerprint density at radius 3 is 2.62 bits per heavy atom. The van der Waals surface area contributed by atoms with E-state index in [9.17, 15) is 4.79 Å². The van der Waals surface area contributed by atoms with E-state index >= 15 is 0 Å². The van der Waals surface area contributed by atoms with E-state index in [1.54, 1.807) is 15.8 Å². The van der Waals surface area contributed by atoms with Crippen LogP contribution in [0.15, 0.2) is 60.9 Å². The fraction of sp³-hybridized carbons (Fsp3) is 0.296. The predicted molar refractivity (Wildman–Crippen MR) is 132 cm³/mol. The molecule has 7 nitrogen and oxygen atoms in total. The van der Waals surface area contributed by atoms with Gasteiger partial charge in [0.1, 0.15) is 5.82 Å². The van der Waals surface area contributed by atoms with E-state index in [4.69, 9.17) is 4.98 Å². The summed E-state index contributed by atoms with van der Waals surface area (Å²) in [6, 6.07) is 16.3. The third-order valence-electron chi connectivity index (χ3n) is 6.15. The van der Waals surface area contributed by atoms with Gasteiger partial charge >= 0.3 is 0 Å². The number of nitrogens with zero attached hydrogens (tertiary/aromatic N) is 6. The summed E-state index contributed by atoms with van der Waals surface area (Å²) in [5.41, 5.74) is 6.05. The fourth-order valence-electron chi connectivity index (χ4n) is 4.36. The number of hydrogen-bond donors (Lipinski definition) is 0. The molecule has 0 unspecified atom stereocenters. The molecule has 1 aliphatic rings. The predicted octanol–water partition coefficient (Wildman–Crippen LogP) is 4.89. The number of aromatic nitrogens is 5. The van der Waals surface area contributed by atoms with Gasteiger partial charge in [0.25, 0.3) is 0 Å². The standard InChI is InChI=1S/C27H28N6O/c1-4-7-21-17-33(31-30-21)22-12-10-19(11-13-22)16-32-25(34)14-20-15-28-26(29-27(20)32)24-9-6-5-8-23(24)18(2)3/h5-6,8-13,15,17-18H,4,7,14,16H2,1-3H3. The van der Waals surface area contributed by atoms with Crippen molar-refractivity contribution in [3.05, 3.63) is 83.3 Å². The van der Waals surface area contributed by atoms with Crippen LogP contribution in [0.3, 0.4) is 0 Å². The Labute approximate surface area is 199 Å². The smallest absolute Gasteiger partial charge is 0.233 e. The zero-order valence-corrected chi connectivity index (χ0v) is 19.8. The SMILES string of the molecule is CCCc1cn(-c2ccc(CN3C(=O)Cc4cnc(-c5ccccc5C(C)C)nc43)cc2)nn1. The molecule has 0 saturated carbocycles. The van der Waals surface area contributed by atoms with Gasteiger partial charge in [-0.2, -0.15) is 0 Å². The lowest BCUT2D eigenvalue weighted by atomic mass is 9.97. The van der Waals surface area contributed by atoms with Crippen molar-refractivity contribution in [1.82, 2.24) is 25.0 Å². The fourth-order valence-corrected chi connectivity index (χ4v) is 4.36. The van der Waals surface area contributed by atoms with Gasteiger partial charge in [-0.15, -0.1) is 5.10 Å². The number of anilines is 1. The molecule has 1 aliphatic heterocycles. The summed E-state index contributed by atoms with van der Waals surface area (Å²) in [5.74, 6) is 1.76. The third kappa shape index (κ3) is 4.21. The van der Waals surface area contributed by atoms with Crippen LogP contribution in [-0.2, 0) is 24.2 Å². The van der Waals surface area contributed by atoms with Crippen molar-refractivity contribution >= 4 is 11.7 Å². The number of fused-ring (bicyclic) bond motifs is 1. The van der Waals surface area contributed by atoms with Crippen LogP contribution in [0, 0.1) is 0 Å². The van der Waals surface area contributed by atoms with Crippen molar-refractivity contribution in [2.75, 3.05) is 4.90 Å². The molecule has 172 valence electrons. The Morgan fingerprint density at radius 2 is 1.85 bits per heavy atom. The summed E-state index contributed by atoms with van der Waals surface area (Å²) in [4.78, 5) is 24.1. The molecule has 0 radical (unpaired) electrons. The zero-order chi connectivity index (χ0) is 23.7. The van der Waals surface area contributed by atoms with Crippen LogP contribution in [0.25, 0.3) is 17.1 Å². The summed E-state index contributed by atoms with van der Waals surface area (Å²) in [6.07, 6.45) is 6.05. The molecule has 34 heavy (non-hydrogen) atoms. The first-order valence-corrected chi connectivity index (χ1v) is 11.8. The summed E-state index contributed by atoms with van der Waals surface area (Å²) < 4.78 is 1.79. The molecule has 7 heteroatoms. The molecule has 4 aromatic rings. The maximum Gasteiger partial charge on any atom is 0.233 e. The van der Waals surface area contributed by atoms with Crippen molar-refractivity contribution in [1.29, 1.82) is 0 Å². The molecule has 0 bridgehead atoms. The molecule has 5 rings (SSSR count). The normalized spacial score (nSPS) is 13.1. The van der Waals surface area contributed by atoms with Crippen LogP contribution in [0.5, 0.6) is 0 Å². The van der Waals surface area contributed by atoms with E-state index < -0.39 is 0 Å². The summed E-state index contributed by atoms with van der Waals surface area (Å²) in [5, 5.41) is 8.44. The van der Waals surface area contributed by atoms with Gasteiger partial charge in [-0.3, -0.25) is 9.69 Å². The first-order chi connectivity index (χ1) is 16.5. The largest absolute Gasteiger partial charge is 0.292 e. The summed E-state index contributed by atoms with van der Waals surface area (Å²) in [7, 11) is 0. The van der Waals surface area contributed by atoms with Crippen LogP contribution in [0.2, 0.25) is 0 Å². The number of carbonyl (C=O) groups excluding carboxylic acids is 1. The summed E-state index contributed by atoms with van der Waals surface area (Å²) >= 11 is 0. The Balaban J connectivity index is 1.40. The molecule has 0 atom stereocenters. The zero-order valence-electron chi connectivity index (χ0n) is 19.8. The Bertz CT molecular complexity index is 1330. The molecule has 0 N–H and O–H groups in total. The summed E-state index contributed by atoms with van der Waals surface area (Å²) in [6.45, 7) is 6.92. The van der Waals surface area contributed by atoms with Gasteiger partial charge in [-0.1, -0.05) is 68.8 Å². The number of carbonyl (C=O) groups is 1. The molecule has 3 heterocycles. The van der Waals surface area contributed by atoms with Gasteiger partial charge in [0.2, 0.25) is 5.91 Å². The molecule has 0 saturated heterocycles. The molecule has 0 fully saturated rings. The first kappa shape index (κ1) is 21.9. The molecule has 1 amide bonds. The van der Waals surface area contributed by atoms with Crippen molar-refractivity contribution in [2.45, 2.75) is 52.5 Å². The van der Waals surface area contributed by atoms with Crippen LogP contribution in [0.1, 0.15) is 55.5 Å². The van der Waals surface area contributed by atoms with Crippen LogP contribution in [0.4, 0.5) is 5.82 Å². The topological polar surface area (TPSA) is 76.8 Å². The number of hydrogen-bond acceptors (Lipinski definition) is 5. The second-order valence-electron chi connectivity index (χ2n) is 9.01. The number of rotatable bonds is 7. The van der Waals surface area contributed by atoms with E-state index in [0.717, 1.165) is 40.9 Å². The lowest BCUT2D eigenvalue weighted by Crippen LogP contribution is -2.26. The molecule has 0 spiro atoms. The third-order valence-corrected chi connectivity index (χ3v) is 6.15. The van der Waals surface area contributed by atoms with Gasteiger partial charge in [0.05, 0.1) is 30.5 Å². The monoisotopic (exact) mass is 452 g/mol. The Hall–Kier alpha value is -3.87. The van der Waals surface area contributed by atoms with Crippen molar-refractivity contribution < 1.29 is 4.79 Å². The second kappa shape index (κ2) is 9.17. The van der Waals surface area contributed by atoms with E-state index in [1.165, 1.54) is 5.56 Å². The van der Waals surface area contributed by atoms with Crippen LogP contribution < -0.4 is 4.90 Å². The molecular weight excluding hydrogens is 424 g/mol. The Kier molecular flexibility index (Phi) is 5.92. The molecule has 0 aliphatic carbocycles. The average molecular weight is 453 g/mol. The van der Waals surface area contributed by atoms with E-state index in [1.807, 2.05) is 48.7 Å². The second-order valence-corrected chi connectivity index (χ2v) is 9.01. The van der Waals surface area contributed by atoms with E-state index in [-0.39, 0.29) is 5.91 Å². The lowest BCUT2D eigenvalue weighted by molar-refractivity contribution is -0.117. The van der Waals surface area contributed by atoms with E-state index in [0.29, 0.717) is 30.5 Å². The molecular formula is C27H28N6O. The van der Waals surface area contributed by atoms with Crippen LogP contribution >= 0.6 is 0 Å². The highest BCUT2D eigenvalue weighted by molar-refractivity contribution is 6.00. The molecule has 2 aromatic carbocycles. The lowest BCUT2D eigenvalue weighted by Gasteiger charge is -2.18. The minimum atomic E-state index is 0.0446. The number of benzene rings is 2. The minimum absolute atomic E-state index is 0.0446. The highest BCUT2D eigenvalue weighted by Crippen LogP contribution is 2.32. The maximum atomic E-state index is 12.8. The van der Waals surface area contributed by atoms with Gasteiger partial charge in [0, 0.05) is 17.3 Å². The van der Waals surface area contributed by atoms with Gasteiger partial charge in [-0.25, -0.2) is 14.6 Å². The average Bonchev–Trinajstić information content (AvgIpc) is 3.44. The number of aryl methyl sites for hydroxylation is 1. The Morgan fingerprint density at radius 1 is 1.06 bits per heavy atom. The van der Waals surface area contributed by atoms with Crippen molar-refractivity contribution in [3.8, 4) is 17.1 Å². The molecule has 2 aromatic heterocycles. The first-order valence-electron chi connectivity index (χ1n) is 11.8. The highest BCUT2D eigenvalue weighted by Gasteiger charge is 2.30. The van der Waals surface area contributed by atoms with E-state index in [2.05, 4.69) is 42.1 Å².